The van der Waals surface area contributed by atoms with E-state index in [0.717, 1.165) is 0 Å². The van der Waals surface area contributed by atoms with Crippen LogP contribution in [0.2, 0.25) is 0 Å². The summed E-state index contributed by atoms with van der Waals surface area (Å²) in [6.07, 6.45) is 1.52. The summed E-state index contributed by atoms with van der Waals surface area (Å²) in [7, 11) is 0. The van der Waals surface area contributed by atoms with E-state index in [2.05, 4.69) is 10.3 Å². The van der Waals surface area contributed by atoms with Gasteiger partial charge in [0.1, 0.15) is 0 Å². The van der Waals surface area contributed by atoms with Gasteiger partial charge in [0, 0.05) is 18.0 Å². The van der Waals surface area contributed by atoms with Crippen LogP contribution >= 0.6 is 0 Å². The highest BCUT2D eigenvalue weighted by Crippen LogP contribution is 2.34. The Hall–Kier alpha value is -2.76. The number of ether oxygens (including phenoxy) is 2. The molecule has 0 spiro atoms. The van der Waals surface area contributed by atoms with Crippen molar-refractivity contribution in [2.45, 2.75) is 0 Å². The van der Waals surface area contributed by atoms with Crippen molar-refractivity contribution in [1.82, 2.24) is 4.98 Å². The van der Waals surface area contributed by atoms with Crippen molar-refractivity contribution in [3.05, 3.63) is 42.2 Å². The van der Waals surface area contributed by atoms with Crippen LogP contribution in [0.5, 0.6) is 11.5 Å². The number of carbonyl (C=O) groups is 1. The summed E-state index contributed by atoms with van der Waals surface area (Å²) in [4.78, 5) is 16.0. The van der Waals surface area contributed by atoms with E-state index in [0.29, 0.717) is 22.9 Å². The maximum Gasteiger partial charge on any atom is 0.276 e. The number of anilines is 2. The largest absolute Gasteiger partial charge is 0.454 e. The number of fused-ring (bicyclic) bond motifs is 1. The fourth-order valence-corrected chi connectivity index (χ4v) is 1.77. The molecule has 3 rings (SSSR count). The first-order chi connectivity index (χ1) is 9.24. The maximum absolute atomic E-state index is 12.0. The molecule has 2 heterocycles. The average Bonchev–Trinajstić information content (AvgIpc) is 2.86. The Kier molecular flexibility index (Phi) is 2.68. The van der Waals surface area contributed by atoms with E-state index in [4.69, 9.17) is 15.2 Å². The summed E-state index contributed by atoms with van der Waals surface area (Å²) in [5.41, 5.74) is 6.82. The standard InChI is InChI=1S/C13H11N3O3/c14-9-2-1-5-15-12(9)13(17)16-8-3-4-10-11(6-8)19-7-18-10/h1-6H,7,14H2,(H,16,17). The third-order valence-corrected chi connectivity index (χ3v) is 2.68. The van der Waals surface area contributed by atoms with Gasteiger partial charge in [-0.2, -0.15) is 0 Å². The van der Waals surface area contributed by atoms with Crippen molar-refractivity contribution in [3.8, 4) is 11.5 Å². The average molecular weight is 257 g/mol. The lowest BCUT2D eigenvalue weighted by Crippen LogP contribution is -2.15. The van der Waals surface area contributed by atoms with E-state index in [9.17, 15) is 4.79 Å². The summed E-state index contributed by atoms with van der Waals surface area (Å²) in [6.45, 7) is 0.194. The maximum atomic E-state index is 12.0. The molecule has 1 aromatic carbocycles. The molecule has 0 radical (unpaired) electrons. The predicted molar refractivity (Wildman–Crippen MR) is 69.2 cm³/mol. The van der Waals surface area contributed by atoms with Gasteiger partial charge in [0.25, 0.3) is 5.91 Å². The van der Waals surface area contributed by atoms with Gasteiger partial charge in [-0.3, -0.25) is 4.79 Å². The number of pyridine rings is 1. The Balaban J connectivity index is 1.82. The molecule has 0 unspecified atom stereocenters. The zero-order chi connectivity index (χ0) is 13.2. The van der Waals surface area contributed by atoms with Gasteiger partial charge in [0.05, 0.1) is 5.69 Å². The summed E-state index contributed by atoms with van der Waals surface area (Å²) in [5, 5.41) is 2.71. The Bertz CT molecular complexity index is 643. The first kappa shape index (κ1) is 11.3. The monoisotopic (exact) mass is 257 g/mol. The number of benzene rings is 1. The second kappa shape index (κ2) is 4.49. The van der Waals surface area contributed by atoms with Crippen LogP contribution in [-0.4, -0.2) is 17.7 Å². The molecule has 19 heavy (non-hydrogen) atoms. The molecule has 0 atom stereocenters. The second-order valence-electron chi connectivity index (χ2n) is 3.96. The van der Waals surface area contributed by atoms with Crippen molar-refractivity contribution in [2.24, 2.45) is 0 Å². The number of nitrogens with zero attached hydrogens (tertiary/aromatic N) is 1. The molecule has 1 aromatic heterocycles. The summed E-state index contributed by atoms with van der Waals surface area (Å²) < 4.78 is 10.4. The number of nitrogens with one attached hydrogen (secondary N) is 1. The molecule has 2 aromatic rings. The van der Waals surface area contributed by atoms with E-state index in [1.54, 1.807) is 30.3 Å². The third-order valence-electron chi connectivity index (χ3n) is 2.68. The number of nitrogen functional groups attached to an aromatic ring is 1. The molecule has 6 nitrogen and oxygen atoms in total. The normalized spacial score (nSPS) is 12.2. The molecular weight excluding hydrogens is 246 g/mol. The Morgan fingerprint density at radius 2 is 2.11 bits per heavy atom. The van der Waals surface area contributed by atoms with Crippen LogP contribution in [-0.2, 0) is 0 Å². The minimum Gasteiger partial charge on any atom is -0.454 e. The molecule has 0 bridgehead atoms. The van der Waals surface area contributed by atoms with Crippen LogP contribution < -0.4 is 20.5 Å². The lowest BCUT2D eigenvalue weighted by Gasteiger charge is -2.07. The highest BCUT2D eigenvalue weighted by atomic mass is 16.7. The van der Waals surface area contributed by atoms with E-state index in [-0.39, 0.29) is 18.4 Å². The highest BCUT2D eigenvalue weighted by Gasteiger charge is 2.15. The van der Waals surface area contributed by atoms with Crippen molar-refractivity contribution >= 4 is 17.3 Å². The van der Waals surface area contributed by atoms with Gasteiger partial charge in [-0.25, -0.2) is 4.98 Å². The Morgan fingerprint density at radius 3 is 2.95 bits per heavy atom. The minimum atomic E-state index is -0.364. The SMILES string of the molecule is Nc1cccnc1C(=O)Nc1ccc2c(c1)OCO2. The van der Waals surface area contributed by atoms with Gasteiger partial charge in [0.15, 0.2) is 17.2 Å². The molecule has 0 saturated heterocycles. The number of carbonyl (C=O) groups excluding carboxylic acids is 1. The van der Waals surface area contributed by atoms with E-state index in [1.165, 1.54) is 6.20 Å². The number of amides is 1. The topological polar surface area (TPSA) is 86.5 Å². The molecular formula is C13H11N3O3. The van der Waals surface area contributed by atoms with Gasteiger partial charge in [-0.15, -0.1) is 0 Å². The predicted octanol–water partition coefficient (Wildman–Crippen LogP) is 1.64. The van der Waals surface area contributed by atoms with Crippen LogP contribution in [0, 0.1) is 0 Å². The fourth-order valence-electron chi connectivity index (χ4n) is 1.77. The third kappa shape index (κ3) is 2.15. The zero-order valence-corrected chi connectivity index (χ0v) is 9.92. The van der Waals surface area contributed by atoms with E-state index in [1.807, 2.05) is 0 Å². The zero-order valence-electron chi connectivity index (χ0n) is 9.92. The molecule has 1 amide bonds. The first-order valence-corrected chi connectivity index (χ1v) is 5.65. The number of rotatable bonds is 2. The van der Waals surface area contributed by atoms with Crippen molar-refractivity contribution < 1.29 is 14.3 Å². The van der Waals surface area contributed by atoms with Crippen LogP contribution in [0.1, 0.15) is 10.5 Å². The van der Waals surface area contributed by atoms with Gasteiger partial charge in [-0.1, -0.05) is 0 Å². The number of aromatic nitrogens is 1. The quantitative estimate of drug-likeness (QED) is 0.854. The lowest BCUT2D eigenvalue weighted by molar-refractivity contribution is 0.102. The van der Waals surface area contributed by atoms with Gasteiger partial charge < -0.3 is 20.5 Å². The highest BCUT2D eigenvalue weighted by molar-refractivity contribution is 6.06. The molecule has 6 heteroatoms. The van der Waals surface area contributed by atoms with Crippen LogP contribution in [0.25, 0.3) is 0 Å². The van der Waals surface area contributed by atoms with E-state index >= 15 is 0 Å². The summed E-state index contributed by atoms with van der Waals surface area (Å²) >= 11 is 0. The van der Waals surface area contributed by atoms with Crippen molar-refractivity contribution in [3.63, 3.8) is 0 Å². The lowest BCUT2D eigenvalue weighted by atomic mass is 10.2. The Morgan fingerprint density at radius 1 is 1.26 bits per heavy atom. The molecule has 0 aliphatic carbocycles. The van der Waals surface area contributed by atoms with Gasteiger partial charge in [0.2, 0.25) is 6.79 Å². The second-order valence-corrected chi connectivity index (χ2v) is 3.96. The molecule has 1 aliphatic rings. The van der Waals surface area contributed by atoms with Crippen LogP contribution in [0.4, 0.5) is 11.4 Å². The molecule has 3 N–H and O–H groups in total. The van der Waals surface area contributed by atoms with Crippen molar-refractivity contribution in [2.75, 3.05) is 17.8 Å². The van der Waals surface area contributed by atoms with E-state index < -0.39 is 0 Å². The fraction of sp³-hybridized carbons (Fsp3) is 0.0769. The molecule has 1 aliphatic heterocycles. The summed E-state index contributed by atoms with van der Waals surface area (Å²) in [5.74, 6) is 0.902. The van der Waals surface area contributed by atoms with Gasteiger partial charge in [-0.05, 0) is 24.3 Å². The molecule has 0 saturated carbocycles. The number of hydrogen-bond acceptors (Lipinski definition) is 5. The molecule has 96 valence electrons. The minimum absolute atomic E-state index is 0.194. The molecule has 0 fully saturated rings. The van der Waals surface area contributed by atoms with Crippen LogP contribution in [0.3, 0.4) is 0 Å². The van der Waals surface area contributed by atoms with Crippen molar-refractivity contribution in [1.29, 1.82) is 0 Å². The van der Waals surface area contributed by atoms with Gasteiger partial charge >= 0.3 is 0 Å². The number of hydrogen-bond donors (Lipinski definition) is 2. The number of nitrogens with two attached hydrogens (primary N) is 1. The first-order valence-electron chi connectivity index (χ1n) is 5.65. The summed E-state index contributed by atoms with van der Waals surface area (Å²) in [6, 6.07) is 8.46. The smallest absolute Gasteiger partial charge is 0.276 e. The van der Waals surface area contributed by atoms with Crippen LogP contribution in [0.15, 0.2) is 36.5 Å². The Labute approximate surface area is 109 Å².